The topological polar surface area (TPSA) is 41.1 Å². The molecule has 0 aromatic heterocycles. The predicted octanol–water partition coefficient (Wildman–Crippen LogP) is 0.122. The van der Waals surface area contributed by atoms with Gasteiger partial charge in [-0.25, -0.2) is 0 Å². The minimum Gasteiger partial charge on any atom is -0.356 e. The van der Waals surface area contributed by atoms with Crippen LogP contribution in [0.1, 0.15) is 19.3 Å². The average Bonchev–Trinajstić information content (AvgIpc) is 2.37. The molecule has 1 saturated heterocycles. The molecule has 0 aromatic carbocycles. The molecular formula is C8H16N2O. The van der Waals surface area contributed by atoms with E-state index in [0.717, 1.165) is 32.4 Å². The quantitative estimate of drug-likeness (QED) is 0.568. The van der Waals surface area contributed by atoms with E-state index in [9.17, 15) is 4.79 Å². The fourth-order valence-corrected chi connectivity index (χ4v) is 1.45. The zero-order chi connectivity index (χ0) is 8.10. The van der Waals surface area contributed by atoms with Crippen LogP contribution in [0.2, 0.25) is 0 Å². The standard InChI is InChI=1S/C8H16N2O/c1-9-5-2-3-7-4-6-10-8(7)11/h7,9H,2-6H2,1H3,(H,10,11). The maximum Gasteiger partial charge on any atom is 0.223 e. The van der Waals surface area contributed by atoms with Gasteiger partial charge in [0.15, 0.2) is 0 Å². The van der Waals surface area contributed by atoms with Gasteiger partial charge in [0.2, 0.25) is 5.91 Å². The van der Waals surface area contributed by atoms with Crippen molar-refractivity contribution >= 4 is 5.91 Å². The summed E-state index contributed by atoms with van der Waals surface area (Å²) in [4.78, 5) is 11.0. The molecule has 1 atom stereocenters. The van der Waals surface area contributed by atoms with E-state index in [1.165, 1.54) is 0 Å². The van der Waals surface area contributed by atoms with Gasteiger partial charge in [-0.05, 0) is 32.9 Å². The summed E-state index contributed by atoms with van der Waals surface area (Å²) in [6, 6.07) is 0. The summed E-state index contributed by atoms with van der Waals surface area (Å²) in [5, 5.41) is 5.91. The third-order valence-corrected chi connectivity index (χ3v) is 2.14. The van der Waals surface area contributed by atoms with Crippen molar-refractivity contribution < 1.29 is 4.79 Å². The number of carbonyl (C=O) groups excluding carboxylic acids is 1. The van der Waals surface area contributed by atoms with E-state index in [0.29, 0.717) is 5.92 Å². The first-order valence-electron chi connectivity index (χ1n) is 4.27. The molecule has 2 N–H and O–H groups in total. The summed E-state index contributed by atoms with van der Waals surface area (Å²) in [5.74, 6) is 0.546. The number of rotatable bonds is 4. The van der Waals surface area contributed by atoms with Gasteiger partial charge in [0.25, 0.3) is 0 Å². The third-order valence-electron chi connectivity index (χ3n) is 2.14. The van der Waals surface area contributed by atoms with Crippen LogP contribution in [0.4, 0.5) is 0 Å². The van der Waals surface area contributed by atoms with Crippen molar-refractivity contribution in [2.45, 2.75) is 19.3 Å². The monoisotopic (exact) mass is 156 g/mol. The predicted molar refractivity (Wildman–Crippen MR) is 44.3 cm³/mol. The molecule has 1 fully saturated rings. The van der Waals surface area contributed by atoms with Gasteiger partial charge in [0.05, 0.1) is 0 Å². The first kappa shape index (κ1) is 8.53. The Morgan fingerprint density at radius 2 is 2.55 bits per heavy atom. The molecule has 1 aliphatic heterocycles. The highest BCUT2D eigenvalue weighted by molar-refractivity contribution is 5.80. The Hall–Kier alpha value is -0.570. The van der Waals surface area contributed by atoms with Crippen LogP contribution in [-0.4, -0.2) is 26.0 Å². The van der Waals surface area contributed by atoms with Crippen molar-refractivity contribution in [1.29, 1.82) is 0 Å². The van der Waals surface area contributed by atoms with E-state index < -0.39 is 0 Å². The number of hydrogen-bond donors (Lipinski definition) is 2. The van der Waals surface area contributed by atoms with Gasteiger partial charge in [0, 0.05) is 12.5 Å². The first-order chi connectivity index (χ1) is 5.34. The lowest BCUT2D eigenvalue weighted by molar-refractivity contribution is -0.122. The molecule has 0 aromatic rings. The van der Waals surface area contributed by atoms with E-state index in [1.807, 2.05) is 7.05 Å². The van der Waals surface area contributed by atoms with E-state index in [-0.39, 0.29) is 5.91 Å². The van der Waals surface area contributed by atoms with Gasteiger partial charge in [-0.15, -0.1) is 0 Å². The van der Waals surface area contributed by atoms with Crippen molar-refractivity contribution in [2.24, 2.45) is 5.92 Å². The van der Waals surface area contributed by atoms with Crippen LogP contribution in [0, 0.1) is 5.92 Å². The van der Waals surface area contributed by atoms with Crippen molar-refractivity contribution in [1.82, 2.24) is 10.6 Å². The Morgan fingerprint density at radius 1 is 1.73 bits per heavy atom. The molecule has 3 nitrogen and oxygen atoms in total. The molecule has 0 bridgehead atoms. The third kappa shape index (κ3) is 2.50. The second kappa shape index (κ2) is 4.34. The second-order valence-electron chi connectivity index (χ2n) is 3.02. The maximum absolute atomic E-state index is 11.0. The summed E-state index contributed by atoms with van der Waals surface area (Å²) in [6.07, 6.45) is 3.17. The summed E-state index contributed by atoms with van der Waals surface area (Å²) >= 11 is 0. The molecule has 1 heterocycles. The number of amides is 1. The SMILES string of the molecule is CNCCCC1CCNC1=O. The minimum atomic E-state index is 0.251. The average molecular weight is 156 g/mol. The fourth-order valence-electron chi connectivity index (χ4n) is 1.45. The zero-order valence-electron chi connectivity index (χ0n) is 7.02. The van der Waals surface area contributed by atoms with E-state index in [1.54, 1.807) is 0 Å². The second-order valence-corrected chi connectivity index (χ2v) is 3.02. The van der Waals surface area contributed by atoms with Gasteiger partial charge in [-0.3, -0.25) is 4.79 Å². The van der Waals surface area contributed by atoms with Crippen LogP contribution in [0.15, 0.2) is 0 Å². The molecule has 0 spiro atoms. The highest BCUT2D eigenvalue weighted by Gasteiger charge is 2.22. The molecule has 11 heavy (non-hydrogen) atoms. The number of nitrogens with one attached hydrogen (secondary N) is 2. The Balaban J connectivity index is 2.10. The molecule has 1 amide bonds. The minimum absolute atomic E-state index is 0.251. The Bertz CT molecular complexity index is 136. The first-order valence-corrected chi connectivity index (χ1v) is 4.27. The van der Waals surface area contributed by atoms with Crippen molar-refractivity contribution in [3.8, 4) is 0 Å². The summed E-state index contributed by atoms with van der Waals surface area (Å²) in [7, 11) is 1.94. The van der Waals surface area contributed by atoms with Crippen LogP contribution >= 0.6 is 0 Å². The van der Waals surface area contributed by atoms with Crippen molar-refractivity contribution in [3.05, 3.63) is 0 Å². The van der Waals surface area contributed by atoms with Crippen LogP contribution in [0.3, 0.4) is 0 Å². The summed E-state index contributed by atoms with van der Waals surface area (Å²) in [5.41, 5.74) is 0. The van der Waals surface area contributed by atoms with Gasteiger partial charge in [0.1, 0.15) is 0 Å². The Morgan fingerprint density at radius 3 is 3.09 bits per heavy atom. The highest BCUT2D eigenvalue weighted by Crippen LogP contribution is 2.14. The lowest BCUT2D eigenvalue weighted by Gasteiger charge is -2.04. The molecule has 1 aliphatic rings. The van der Waals surface area contributed by atoms with Crippen LogP contribution in [0.5, 0.6) is 0 Å². The lowest BCUT2D eigenvalue weighted by Crippen LogP contribution is -2.20. The zero-order valence-corrected chi connectivity index (χ0v) is 7.02. The van der Waals surface area contributed by atoms with Crippen LogP contribution in [-0.2, 0) is 4.79 Å². The van der Waals surface area contributed by atoms with E-state index in [2.05, 4.69) is 10.6 Å². The largest absolute Gasteiger partial charge is 0.356 e. The van der Waals surface area contributed by atoms with Crippen molar-refractivity contribution in [2.75, 3.05) is 20.1 Å². The summed E-state index contributed by atoms with van der Waals surface area (Å²) in [6.45, 7) is 1.90. The number of carbonyl (C=O) groups is 1. The molecule has 3 heteroatoms. The van der Waals surface area contributed by atoms with Crippen LogP contribution < -0.4 is 10.6 Å². The van der Waals surface area contributed by atoms with Crippen molar-refractivity contribution in [3.63, 3.8) is 0 Å². The van der Waals surface area contributed by atoms with Gasteiger partial charge in [-0.1, -0.05) is 0 Å². The van der Waals surface area contributed by atoms with Gasteiger partial charge < -0.3 is 10.6 Å². The van der Waals surface area contributed by atoms with Crippen LogP contribution in [0.25, 0.3) is 0 Å². The molecule has 1 unspecified atom stereocenters. The van der Waals surface area contributed by atoms with E-state index in [4.69, 9.17) is 0 Å². The molecule has 0 aliphatic carbocycles. The normalized spacial score (nSPS) is 23.7. The smallest absolute Gasteiger partial charge is 0.223 e. The summed E-state index contributed by atoms with van der Waals surface area (Å²) < 4.78 is 0. The lowest BCUT2D eigenvalue weighted by atomic mass is 10.0. The fraction of sp³-hybridized carbons (Fsp3) is 0.875. The van der Waals surface area contributed by atoms with Gasteiger partial charge >= 0.3 is 0 Å². The number of hydrogen-bond acceptors (Lipinski definition) is 2. The molecule has 1 rings (SSSR count). The molecule has 64 valence electrons. The molecule has 0 radical (unpaired) electrons. The Labute approximate surface area is 67.5 Å². The maximum atomic E-state index is 11.0. The van der Waals surface area contributed by atoms with Gasteiger partial charge in [-0.2, -0.15) is 0 Å². The molecule has 0 saturated carbocycles. The Kier molecular flexibility index (Phi) is 3.36. The molecular weight excluding hydrogens is 140 g/mol. The highest BCUT2D eigenvalue weighted by atomic mass is 16.2. The van der Waals surface area contributed by atoms with E-state index >= 15 is 0 Å².